The standard InChI is InChI=1S/C21H30N2O3/c1-3-18-9-6-7-12-23(18)21(25)17-14-20(24)22(15-17)13-11-16-8-4-5-10-19(16)26-2/h4-5,8,10,17-18H,3,6-7,9,11-15H2,1-2H3. The number of nitrogens with zero attached hydrogens (tertiary/aromatic N) is 2. The largest absolute Gasteiger partial charge is 0.496 e. The van der Waals surface area contributed by atoms with E-state index in [0.29, 0.717) is 25.6 Å². The number of piperidine rings is 1. The summed E-state index contributed by atoms with van der Waals surface area (Å²) < 4.78 is 5.39. The Labute approximate surface area is 156 Å². The van der Waals surface area contributed by atoms with Crippen LogP contribution in [-0.4, -0.2) is 54.4 Å². The van der Waals surface area contributed by atoms with Gasteiger partial charge in [0.25, 0.3) is 0 Å². The van der Waals surface area contributed by atoms with Crippen LogP contribution < -0.4 is 4.74 Å². The first kappa shape index (κ1) is 18.7. The zero-order chi connectivity index (χ0) is 18.5. The van der Waals surface area contributed by atoms with Crippen LogP contribution in [0.25, 0.3) is 0 Å². The number of benzene rings is 1. The maximum Gasteiger partial charge on any atom is 0.228 e. The normalized spacial score (nSPS) is 23.4. The third-order valence-corrected chi connectivity index (χ3v) is 5.79. The number of methoxy groups -OCH3 is 1. The summed E-state index contributed by atoms with van der Waals surface area (Å²) in [6.07, 6.45) is 5.50. The van der Waals surface area contributed by atoms with Crippen LogP contribution in [0.4, 0.5) is 0 Å². The molecule has 2 saturated heterocycles. The zero-order valence-electron chi connectivity index (χ0n) is 15.9. The number of ether oxygens (including phenoxy) is 1. The van der Waals surface area contributed by atoms with Gasteiger partial charge in [0.05, 0.1) is 13.0 Å². The highest BCUT2D eigenvalue weighted by Gasteiger charge is 2.38. The quantitative estimate of drug-likeness (QED) is 0.786. The van der Waals surface area contributed by atoms with Crippen molar-refractivity contribution in [1.82, 2.24) is 9.80 Å². The molecule has 142 valence electrons. The molecule has 2 aliphatic heterocycles. The van der Waals surface area contributed by atoms with E-state index < -0.39 is 0 Å². The van der Waals surface area contributed by atoms with Crippen molar-refractivity contribution in [3.63, 3.8) is 0 Å². The van der Waals surface area contributed by atoms with E-state index in [1.54, 1.807) is 7.11 Å². The summed E-state index contributed by atoms with van der Waals surface area (Å²) in [5, 5.41) is 0. The van der Waals surface area contributed by atoms with Crippen LogP contribution in [0, 0.1) is 5.92 Å². The minimum Gasteiger partial charge on any atom is -0.496 e. The fourth-order valence-electron chi connectivity index (χ4n) is 4.27. The third kappa shape index (κ3) is 4.02. The van der Waals surface area contributed by atoms with E-state index in [1.807, 2.05) is 34.1 Å². The van der Waals surface area contributed by atoms with Crippen molar-refractivity contribution < 1.29 is 14.3 Å². The van der Waals surface area contributed by atoms with Crippen LogP contribution in [-0.2, 0) is 16.0 Å². The Balaban J connectivity index is 1.58. The Hall–Kier alpha value is -2.04. The van der Waals surface area contributed by atoms with Gasteiger partial charge in [0.1, 0.15) is 5.75 Å². The van der Waals surface area contributed by atoms with Crippen LogP contribution in [0.1, 0.15) is 44.6 Å². The highest BCUT2D eigenvalue weighted by atomic mass is 16.5. The van der Waals surface area contributed by atoms with Gasteiger partial charge in [0.15, 0.2) is 0 Å². The van der Waals surface area contributed by atoms with Gasteiger partial charge in [-0.3, -0.25) is 9.59 Å². The highest BCUT2D eigenvalue weighted by Crippen LogP contribution is 2.27. The van der Waals surface area contributed by atoms with Crippen LogP contribution >= 0.6 is 0 Å². The van der Waals surface area contributed by atoms with Crippen LogP contribution in [0.5, 0.6) is 5.75 Å². The molecule has 0 N–H and O–H groups in total. The third-order valence-electron chi connectivity index (χ3n) is 5.79. The van der Waals surface area contributed by atoms with E-state index in [9.17, 15) is 9.59 Å². The number of hydrogen-bond donors (Lipinski definition) is 0. The molecule has 2 heterocycles. The summed E-state index contributed by atoms with van der Waals surface area (Å²) in [4.78, 5) is 29.3. The molecule has 0 spiro atoms. The molecule has 2 unspecified atom stereocenters. The van der Waals surface area contributed by atoms with Crippen molar-refractivity contribution in [3.8, 4) is 5.75 Å². The summed E-state index contributed by atoms with van der Waals surface area (Å²) in [6, 6.07) is 8.25. The number of amides is 2. The van der Waals surface area contributed by atoms with Gasteiger partial charge in [-0.05, 0) is 43.7 Å². The van der Waals surface area contributed by atoms with E-state index in [4.69, 9.17) is 4.74 Å². The first-order valence-electron chi connectivity index (χ1n) is 9.84. The van der Waals surface area contributed by atoms with E-state index in [2.05, 4.69) is 6.92 Å². The van der Waals surface area contributed by atoms with Gasteiger partial charge in [0, 0.05) is 32.1 Å². The van der Waals surface area contributed by atoms with Gasteiger partial charge in [-0.1, -0.05) is 25.1 Å². The number of likely N-dealkylation sites (tertiary alicyclic amines) is 2. The second-order valence-corrected chi connectivity index (χ2v) is 7.39. The molecule has 2 atom stereocenters. The highest BCUT2D eigenvalue weighted by molar-refractivity contribution is 5.89. The van der Waals surface area contributed by atoms with Gasteiger partial charge < -0.3 is 14.5 Å². The molecule has 3 rings (SSSR count). The molecule has 5 heteroatoms. The molecule has 2 fully saturated rings. The van der Waals surface area contributed by atoms with Crippen LogP contribution in [0.2, 0.25) is 0 Å². The Morgan fingerprint density at radius 3 is 2.85 bits per heavy atom. The van der Waals surface area contributed by atoms with Gasteiger partial charge >= 0.3 is 0 Å². The molecule has 2 aliphatic rings. The van der Waals surface area contributed by atoms with E-state index >= 15 is 0 Å². The number of carbonyl (C=O) groups is 2. The Morgan fingerprint density at radius 2 is 2.08 bits per heavy atom. The molecular weight excluding hydrogens is 328 g/mol. The van der Waals surface area contributed by atoms with Crippen LogP contribution in [0.3, 0.4) is 0 Å². The lowest BCUT2D eigenvalue weighted by atomic mass is 9.97. The SMILES string of the molecule is CCC1CCCCN1C(=O)C1CC(=O)N(CCc2ccccc2OC)C1. The van der Waals surface area contributed by atoms with E-state index in [1.165, 1.54) is 6.42 Å². The minimum atomic E-state index is -0.174. The van der Waals surface area contributed by atoms with Crippen molar-refractivity contribution in [2.75, 3.05) is 26.7 Å². The molecule has 0 bridgehead atoms. The molecule has 0 aliphatic carbocycles. The molecule has 0 radical (unpaired) electrons. The molecule has 0 saturated carbocycles. The van der Waals surface area contributed by atoms with E-state index in [0.717, 1.165) is 43.5 Å². The van der Waals surface area contributed by atoms with E-state index in [-0.39, 0.29) is 17.7 Å². The topological polar surface area (TPSA) is 49.9 Å². The predicted octanol–water partition coefficient (Wildman–Crippen LogP) is 2.88. The van der Waals surface area contributed by atoms with Crippen molar-refractivity contribution in [2.24, 2.45) is 5.92 Å². The maximum atomic E-state index is 13.0. The monoisotopic (exact) mass is 358 g/mol. The molecule has 26 heavy (non-hydrogen) atoms. The van der Waals surface area contributed by atoms with Gasteiger partial charge in [-0.2, -0.15) is 0 Å². The molecular formula is C21H30N2O3. The average Bonchev–Trinajstić information content (AvgIpc) is 3.06. The number of carbonyl (C=O) groups excluding carboxylic acids is 2. The average molecular weight is 358 g/mol. The summed E-state index contributed by atoms with van der Waals surface area (Å²) in [5.74, 6) is 0.964. The Morgan fingerprint density at radius 1 is 1.27 bits per heavy atom. The van der Waals surface area contributed by atoms with Gasteiger partial charge in [-0.25, -0.2) is 0 Å². The van der Waals surface area contributed by atoms with Crippen molar-refractivity contribution in [1.29, 1.82) is 0 Å². The van der Waals surface area contributed by atoms with Crippen LogP contribution in [0.15, 0.2) is 24.3 Å². The van der Waals surface area contributed by atoms with Crippen molar-refractivity contribution in [2.45, 2.75) is 51.5 Å². The molecule has 1 aromatic rings. The second kappa shape index (κ2) is 8.56. The summed E-state index contributed by atoms with van der Waals surface area (Å²) >= 11 is 0. The van der Waals surface area contributed by atoms with Crippen molar-refractivity contribution >= 4 is 11.8 Å². The zero-order valence-corrected chi connectivity index (χ0v) is 15.9. The molecule has 2 amide bonds. The maximum absolute atomic E-state index is 13.0. The van der Waals surface area contributed by atoms with Crippen molar-refractivity contribution in [3.05, 3.63) is 29.8 Å². The fraction of sp³-hybridized carbons (Fsp3) is 0.619. The first-order valence-corrected chi connectivity index (χ1v) is 9.84. The number of hydrogen-bond acceptors (Lipinski definition) is 3. The minimum absolute atomic E-state index is 0.100. The lowest BCUT2D eigenvalue weighted by molar-refractivity contribution is -0.139. The predicted molar refractivity (Wildman–Crippen MR) is 101 cm³/mol. The van der Waals surface area contributed by atoms with Gasteiger partial charge in [-0.15, -0.1) is 0 Å². The summed E-state index contributed by atoms with van der Waals surface area (Å²) in [6.45, 7) is 4.19. The lowest BCUT2D eigenvalue weighted by Gasteiger charge is -2.36. The molecule has 0 aromatic heterocycles. The molecule has 5 nitrogen and oxygen atoms in total. The Kier molecular flexibility index (Phi) is 6.17. The first-order chi connectivity index (χ1) is 12.6. The summed E-state index contributed by atoms with van der Waals surface area (Å²) in [5.41, 5.74) is 1.10. The fourth-order valence-corrected chi connectivity index (χ4v) is 4.27. The van der Waals surface area contributed by atoms with Gasteiger partial charge in [0.2, 0.25) is 11.8 Å². The smallest absolute Gasteiger partial charge is 0.228 e. The number of rotatable bonds is 6. The Bertz CT molecular complexity index is 646. The lowest BCUT2D eigenvalue weighted by Crippen LogP contribution is -2.46. The second-order valence-electron chi connectivity index (χ2n) is 7.39. The molecule has 1 aromatic carbocycles. The number of para-hydroxylation sites is 1. The summed E-state index contributed by atoms with van der Waals surface area (Å²) in [7, 11) is 1.66.